The van der Waals surface area contributed by atoms with Crippen molar-refractivity contribution in [3.63, 3.8) is 0 Å². The molecule has 2 heterocycles. The summed E-state index contributed by atoms with van der Waals surface area (Å²) in [6.45, 7) is 1.89. The van der Waals surface area contributed by atoms with Crippen molar-refractivity contribution in [2.45, 2.75) is 32.4 Å². The third-order valence-corrected chi connectivity index (χ3v) is 5.71. The number of nitrogens with zero attached hydrogens (tertiary/aromatic N) is 3. The average Bonchev–Trinajstić information content (AvgIpc) is 3.39. The number of nitrogens with one attached hydrogen (secondary N) is 1. The number of anilines is 1. The monoisotopic (exact) mass is 436 g/mol. The Morgan fingerprint density at radius 3 is 2.53 bits per heavy atom. The summed E-state index contributed by atoms with van der Waals surface area (Å²) in [5, 5.41) is 6.61. The lowest BCUT2D eigenvalue weighted by atomic mass is 10.1. The van der Waals surface area contributed by atoms with Gasteiger partial charge in [-0.1, -0.05) is 35.9 Å². The fraction of sp³-hybridized carbons (Fsp3) is 0.208. The number of alkyl halides is 3. The van der Waals surface area contributed by atoms with Crippen LogP contribution in [0.3, 0.4) is 0 Å². The smallest absolute Gasteiger partial charge is 0.322 e. The van der Waals surface area contributed by atoms with Crippen LogP contribution in [0.1, 0.15) is 39.2 Å². The largest absolute Gasteiger partial charge is 0.433 e. The molecule has 1 aliphatic rings. The summed E-state index contributed by atoms with van der Waals surface area (Å²) in [6, 6.07) is 13.7. The van der Waals surface area contributed by atoms with Crippen molar-refractivity contribution in [3.8, 4) is 11.3 Å². The molecular formula is C24H19F3N4O. The first kappa shape index (κ1) is 20.2. The van der Waals surface area contributed by atoms with Gasteiger partial charge in [-0.25, -0.2) is 9.50 Å². The minimum atomic E-state index is -4.67. The highest BCUT2D eigenvalue weighted by atomic mass is 19.4. The van der Waals surface area contributed by atoms with Crippen LogP contribution in [0, 0.1) is 6.92 Å². The molecule has 4 aromatic rings. The number of aryl methyl sites for hydroxylation is 3. The summed E-state index contributed by atoms with van der Waals surface area (Å²) in [5.74, 6) is -0.556. The van der Waals surface area contributed by atoms with Gasteiger partial charge < -0.3 is 5.32 Å². The van der Waals surface area contributed by atoms with E-state index in [0.717, 1.165) is 37.1 Å². The molecule has 0 saturated carbocycles. The Kier molecular flexibility index (Phi) is 4.73. The van der Waals surface area contributed by atoms with E-state index in [1.54, 1.807) is 30.3 Å². The fourth-order valence-electron chi connectivity index (χ4n) is 4.05. The molecule has 162 valence electrons. The summed E-state index contributed by atoms with van der Waals surface area (Å²) >= 11 is 0. The van der Waals surface area contributed by atoms with Gasteiger partial charge in [0, 0.05) is 11.3 Å². The van der Waals surface area contributed by atoms with E-state index in [1.807, 2.05) is 19.1 Å². The van der Waals surface area contributed by atoms with Crippen LogP contribution in [0.2, 0.25) is 0 Å². The molecule has 1 N–H and O–H groups in total. The second-order valence-corrected chi connectivity index (χ2v) is 7.98. The first-order valence-electron chi connectivity index (χ1n) is 10.3. The molecule has 1 aliphatic carbocycles. The van der Waals surface area contributed by atoms with Gasteiger partial charge in [-0.15, -0.1) is 0 Å². The lowest BCUT2D eigenvalue weighted by Gasteiger charge is -2.12. The topological polar surface area (TPSA) is 59.3 Å². The van der Waals surface area contributed by atoms with E-state index in [9.17, 15) is 18.0 Å². The van der Waals surface area contributed by atoms with Crippen molar-refractivity contribution in [3.05, 3.63) is 82.7 Å². The van der Waals surface area contributed by atoms with Gasteiger partial charge in [0.25, 0.3) is 5.91 Å². The van der Waals surface area contributed by atoms with Gasteiger partial charge in [-0.3, -0.25) is 4.79 Å². The van der Waals surface area contributed by atoms with Crippen molar-refractivity contribution in [1.29, 1.82) is 0 Å². The quantitative estimate of drug-likeness (QED) is 0.464. The second-order valence-electron chi connectivity index (χ2n) is 7.98. The predicted molar refractivity (Wildman–Crippen MR) is 115 cm³/mol. The van der Waals surface area contributed by atoms with E-state index >= 15 is 0 Å². The van der Waals surface area contributed by atoms with Crippen molar-refractivity contribution in [2.24, 2.45) is 0 Å². The first-order valence-corrected chi connectivity index (χ1v) is 10.3. The lowest BCUT2D eigenvalue weighted by Crippen LogP contribution is -2.16. The zero-order valence-electron chi connectivity index (χ0n) is 17.2. The number of amides is 1. The molecule has 0 bridgehead atoms. The maximum atomic E-state index is 13.8. The van der Waals surface area contributed by atoms with E-state index < -0.39 is 17.8 Å². The Hall–Kier alpha value is -3.68. The molecule has 0 saturated heterocycles. The van der Waals surface area contributed by atoms with Crippen LogP contribution in [0.5, 0.6) is 0 Å². The molecule has 2 aromatic heterocycles. The molecule has 8 heteroatoms. The van der Waals surface area contributed by atoms with Crippen molar-refractivity contribution < 1.29 is 18.0 Å². The number of carbonyl (C=O) groups is 1. The van der Waals surface area contributed by atoms with Gasteiger partial charge in [0.15, 0.2) is 11.3 Å². The van der Waals surface area contributed by atoms with Gasteiger partial charge >= 0.3 is 6.18 Å². The van der Waals surface area contributed by atoms with Crippen LogP contribution in [0.4, 0.5) is 18.9 Å². The van der Waals surface area contributed by atoms with Gasteiger partial charge in [-0.2, -0.15) is 18.3 Å². The van der Waals surface area contributed by atoms with Crippen LogP contribution >= 0.6 is 0 Å². The van der Waals surface area contributed by atoms with E-state index in [2.05, 4.69) is 15.4 Å². The van der Waals surface area contributed by atoms with E-state index in [-0.39, 0.29) is 16.9 Å². The number of hydrogen-bond acceptors (Lipinski definition) is 3. The average molecular weight is 436 g/mol. The van der Waals surface area contributed by atoms with Crippen LogP contribution in [-0.4, -0.2) is 20.5 Å². The summed E-state index contributed by atoms with van der Waals surface area (Å²) in [6.07, 6.45) is -0.498. The number of aromatic nitrogens is 3. The van der Waals surface area contributed by atoms with Gasteiger partial charge in [0.1, 0.15) is 5.56 Å². The van der Waals surface area contributed by atoms with Crippen molar-refractivity contribution >= 4 is 17.2 Å². The summed E-state index contributed by atoms with van der Waals surface area (Å²) in [5.41, 5.74) is 3.51. The molecule has 0 aliphatic heterocycles. The lowest BCUT2D eigenvalue weighted by molar-refractivity contribution is -0.142. The van der Waals surface area contributed by atoms with E-state index in [1.165, 1.54) is 11.1 Å². The minimum Gasteiger partial charge on any atom is -0.322 e. The van der Waals surface area contributed by atoms with Crippen LogP contribution < -0.4 is 5.32 Å². The predicted octanol–water partition coefficient (Wildman–Crippen LogP) is 5.46. The van der Waals surface area contributed by atoms with Crippen molar-refractivity contribution in [2.75, 3.05) is 5.32 Å². The summed E-state index contributed by atoms with van der Waals surface area (Å²) in [7, 11) is 0. The number of rotatable bonds is 3. The molecule has 0 radical (unpaired) electrons. The minimum absolute atomic E-state index is 0.0232. The molecule has 0 fully saturated rings. The second kappa shape index (κ2) is 7.47. The maximum absolute atomic E-state index is 13.8. The maximum Gasteiger partial charge on any atom is 0.433 e. The molecule has 0 unspecified atom stereocenters. The summed E-state index contributed by atoms with van der Waals surface area (Å²) in [4.78, 5) is 17.3. The van der Waals surface area contributed by atoms with Gasteiger partial charge in [0.2, 0.25) is 0 Å². The molecule has 32 heavy (non-hydrogen) atoms. The Morgan fingerprint density at radius 2 is 1.78 bits per heavy atom. The fourth-order valence-corrected chi connectivity index (χ4v) is 4.05. The Morgan fingerprint density at radius 1 is 1.03 bits per heavy atom. The third-order valence-electron chi connectivity index (χ3n) is 5.71. The molecule has 0 atom stereocenters. The molecule has 0 spiro atoms. The number of carbonyl (C=O) groups excluding carboxylic acids is 1. The van der Waals surface area contributed by atoms with Gasteiger partial charge in [0.05, 0.1) is 11.9 Å². The highest BCUT2D eigenvalue weighted by Crippen LogP contribution is 2.33. The van der Waals surface area contributed by atoms with Crippen LogP contribution in [0.25, 0.3) is 16.9 Å². The number of fused-ring (bicyclic) bond motifs is 2. The number of hydrogen-bond donors (Lipinski definition) is 1. The first-order chi connectivity index (χ1) is 15.3. The normalized spacial score (nSPS) is 13.4. The highest BCUT2D eigenvalue weighted by molar-refractivity contribution is 6.08. The number of halogens is 3. The van der Waals surface area contributed by atoms with Gasteiger partial charge in [-0.05, 0) is 55.5 Å². The third kappa shape index (κ3) is 3.62. The van der Waals surface area contributed by atoms with Crippen LogP contribution in [-0.2, 0) is 19.0 Å². The molecular weight excluding hydrogens is 417 g/mol. The Labute approximate surface area is 181 Å². The van der Waals surface area contributed by atoms with Crippen LogP contribution in [0.15, 0.2) is 54.7 Å². The van der Waals surface area contributed by atoms with E-state index in [0.29, 0.717) is 15.8 Å². The molecule has 5 nitrogen and oxygen atoms in total. The Bertz CT molecular complexity index is 1340. The highest BCUT2D eigenvalue weighted by Gasteiger charge is 2.36. The molecule has 5 rings (SSSR count). The van der Waals surface area contributed by atoms with E-state index in [4.69, 9.17) is 0 Å². The molecule has 2 aromatic carbocycles. The SMILES string of the molecule is Cc1ccc(-c2cc(C(F)(F)F)n3ncc(C(=O)Nc4ccc5c(c4)CCC5)c3n2)cc1. The standard InChI is InChI=1S/C24H19F3N4O/c1-14-5-7-16(8-6-14)20-12-21(24(25,26)27)31-22(30-20)19(13-28-31)23(32)29-18-10-9-15-3-2-4-17(15)11-18/h5-13H,2-4H2,1H3,(H,29,32). The zero-order valence-corrected chi connectivity index (χ0v) is 17.2. The zero-order chi connectivity index (χ0) is 22.5. The van der Waals surface area contributed by atoms with Crippen molar-refractivity contribution in [1.82, 2.24) is 14.6 Å². The number of benzene rings is 2. The Balaban J connectivity index is 1.58. The molecule has 1 amide bonds. The summed E-state index contributed by atoms with van der Waals surface area (Å²) < 4.78 is 42.0.